The quantitative estimate of drug-likeness (QED) is 0.752. The Labute approximate surface area is 129 Å². The first-order chi connectivity index (χ1) is 11.0. The van der Waals surface area contributed by atoms with E-state index < -0.39 is 17.8 Å². The van der Waals surface area contributed by atoms with Crippen molar-refractivity contribution in [1.82, 2.24) is 9.38 Å². The number of carboxylic acids is 1. The minimum atomic E-state index is -1.22. The normalized spacial score (nSPS) is 10.7. The fraction of sp³-hybridized carbons (Fsp3) is 0.0625. The maximum atomic E-state index is 13.1. The summed E-state index contributed by atoms with van der Waals surface area (Å²) >= 11 is 0. The Balaban J connectivity index is 2.26. The average molecular weight is 314 g/mol. The van der Waals surface area contributed by atoms with Gasteiger partial charge in [-0.2, -0.15) is 0 Å². The molecule has 3 rings (SSSR count). The lowest BCUT2D eigenvalue weighted by Crippen LogP contribution is -2.03. The molecule has 7 heteroatoms. The first-order valence-corrected chi connectivity index (χ1v) is 6.61. The van der Waals surface area contributed by atoms with Gasteiger partial charge in [0.15, 0.2) is 5.69 Å². The summed E-state index contributed by atoms with van der Waals surface area (Å²) in [5, 5.41) is 9.32. The molecule has 0 atom stereocenters. The Morgan fingerprint density at radius 2 is 1.91 bits per heavy atom. The monoisotopic (exact) mass is 314 g/mol. The van der Waals surface area contributed by atoms with Crippen LogP contribution in [0.2, 0.25) is 0 Å². The van der Waals surface area contributed by atoms with E-state index in [2.05, 4.69) is 9.72 Å². The highest BCUT2D eigenvalue weighted by Gasteiger charge is 2.19. The molecular formula is C16H11FN2O4. The third-order valence-electron chi connectivity index (χ3n) is 3.37. The van der Waals surface area contributed by atoms with Gasteiger partial charge in [0, 0.05) is 11.8 Å². The zero-order chi connectivity index (χ0) is 16.6. The van der Waals surface area contributed by atoms with Crippen LogP contribution in [-0.4, -0.2) is 33.5 Å². The first kappa shape index (κ1) is 14.7. The number of hydrogen-bond donors (Lipinski definition) is 1. The van der Waals surface area contributed by atoms with Crippen molar-refractivity contribution in [3.05, 3.63) is 59.7 Å². The number of carbonyl (C=O) groups is 2. The fourth-order valence-electron chi connectivity index (χ4n) is 2.29. The topological polar surface area (TPSA) is 80.9 Å². The van der Waals surface area contributed by atoms with Crippen molar-refractivity contribution < 1.29 is 23.8 Å². The number of halogens is 1. The highest BCUT2D eigenvalue weighted by Crippen LogP contribution is 2.24. The van der Waals surface area contributed by atoms with Crippen LogP contribution in [0.4, 0.5) is 4.39 Å². The Morgan fingerprint density at radius 1 is 1.22 bits per heavy atom. The van der Waals surface area contributed by atoms with Gasteiger partial charge in [0.2, 0.25) is 0 Å². The number of carboxylic acid groups (broad SMARTS) is 1. The largest absolute Gasteiger partial charge is 0.476 e. The van der Waals surface area contributed by atoms with Crippen LogP contribution in [0.3, 0.4) is 0 Å². The summed E-state index contributed by atoms with van der Waals surface area (Å²) in [4.78, 5) is 27.1. The molecule has 0 aliphatic heterocycles. The molecule has 2 heterocycles. The third-order valence-corrected chi connectivity index (χ3v) is 3.37. The number of methoxy groups -OCH3 is 1. The molecule has 0 saturated heterocycles. The second kappa shape index (κ2) is 5.53. The van der Waals surface area contributed by atoms with Gasteiger partial charge in [-0.15, -0.1) is 0 Å². The van der Waals surface area contributed by atoms with Gasteiger partial charge >= 0.3 is 11.9 Å². The number of aromatic nitrogens is 2. The SMILES string of the molecule is COC(=O)c1ccn2c(-c3ccc(F)cc3)nc(C(=O)O)c2c1. The summed E-state index contributed by atoms with van der Waals surface area (Å²) in [5.74, 6) is -1.86. The number of ether oxygens (including phenoxy) is 1. The van der Waals surface area contributed by atoms with E-state index in [1.54, 1.807) is 0 Å². The van der Waals surface area contributed by atoms with E-state index in [0.29, 0.717) is 11.4 Å². The number of hydrogen-bond acceptors (Lipinski definition) is 4. The molecule has 2 aromatic heterocycles. The molecule has 116 valence electrons. The molecule has 0 saturated carbocycles. The minimum absolute atomic E-state index is 0.199. The number of esters is 1. The molecule has 0 fully saturated rings. The van der Waals surface area contributed by atoms with Crippen LogP contribution >= 0.6 is 0 Å². The number of benzene rings is 1. The van der Waals surface area contributed by atoms with Crippen LogP contribution in [0.1, 0.15) is 20.8 Å². The van der Waals surface area contributed by atoms with Gasteiger partial charge in [-0.3, -0.25) is 4.40 Å². The summed E-state index contributed by atoms with van der Waals surface area (Å²) in [6.45, 7) is 0. The summed E-state index contributed by atoms with van der Waals surface area (Å²) in [5.41, 5.74) is 0.822. The van der Waals surface area contributed by atoms with E-state index in [1.807, 2.05) is 0 Å². The van der Waals surface area contributed by atoms with Gasteiger partial charge in [-0.05, 0) is 36.4 Å². The molecule has 0 unspecified atom stereocenters. The molecule has 0 amide bonds. The maximum absolute atomic E-state index is 13.1. The third kappa shape index (κ3) is 2.52. The Hall–Kier alpha value is -3.22. The minimum Gasteiger partial charge on any atom is -0.476 e. The van der Waals surface area contributed by atoms with Crippen molar-refractivity contribution in [2.24, 2.45) is 0 Å². The zero-order valence-electron chi connectivity index (χ0n) is 12.0. The molecule has 0 aliphatic rings. The summed E-state index contributed by atoms with van der Waals surface area (Å²) in [6, 6.07) is 8.43. The van der Waals surface area contributed by atoms with Crippen molar-refractivity contribution in [3.63, 3.8) is 0 Å². The van der Waals surface area contributed by atoms with Crippen molar-refractivity contribution in [3.8, 4) is 11.4 Å². The molecule has 1 aromatic carbocycles. The van der Waals surface area contributed by atoms with E-state index in [0.717, 1.165) is 0 Å². The van der Waals surface area contributed by atoms with Crippen molar-refractivity contribution in [1.29, 1.82) is 0 Å². The standard InChI is InChI=1S/C16H11FN2O4/c1-23-16(22)10-6-7-19-12(8-10)13(15(20)21)18-14(19)9-2-4-11(17)5-3-9/h2-8H,1H3,(H,20,21). The number of rotatable bonds is 3. The number of nitrogens with zero attached hydrogens (tertiary/aromatic N) is 2. The van der Waals surface area contributed by atoms with Gasteiger partial charge < -0.3 is 9.84 Å². The number of carbonyl (C=O) groups excluding carboxylic acids is 1. The predicted octanol–water partition coefficient (Wildman–Crippen LogP) is 2.63. The molecular weight excluding hydrogens is 303 g/mol. The predicted molar refractivity (Wildman–Crippen MR) is 78.9 cm³/mol. The molecule has 0 radical (unpaired) electrons. The second-order valence-corrected chi connectivity index (χ2v) is 4.76. The van der Waals surface area contributed by atoms with E-state index >= 15 is 0 Å². The lowest BCUT2D eigenvalue weighted by Gasteiger charge is -2.03. The summed E-state index contributed by atoms with van der Waals surface area (Å²) < 4.78 is 19.2. The molecule has 1 N–H and O–H groups in total. The summed E-state index contributed by atoms with van der Waals surface area (Å²) in [7, 11) is 1.24. The average Bonchev–Trinajstić information content (AvgIpc) is 2.93. The fourth-order valence-corrected chi connectivity index (χ4v) is 2.29. The maximum Gasteiger partial charge on any atom is 0.356 e. The van der Waals surface area contributed by atoms with E-state index in [1.165, 1.54) is 54.1 Å². The van der Waals surface area contributed by atoms with Gasteiger partial charge in [0.05, 0.1) is 18.2 Å². The van der Waals surface area contributed by atoms with Gasteiger partial charge in [0.1, 0.15) is 11.6 Å². The Kier molecular flexibility index (Phi) is 3.53. The van der Waals surface area contributed by atoms with Gasteiger partial charge in [-0.25, -0.2) is 19.0 Å². The molecule has 3 aromatic rings. The van der Waals surface area contributed by atoms with Crippen LogP contribution < -0.4 is 0 Å². The number of aromatic carboxylic acids is 1. The smallest absolute Gasteiger partial charge is 0.356 e. The second-order valence-electron chi connectivity index (χ2n) is 4.76. The highest BCUT2D eigenvalue weighted by atomic mass is 19.1. The zero-order valence-corrected chi connectivity index (χ0v) is 12.0. The van der Waals surface area contributed by atoms with Crippen molar-refractivity contribution >= 4 is 17.5 Å². The van der Waals surface area contributed by atoms with E-state index in [9.17, 15) is 19.1 Å². The Morgan fingerprint density at radius 3 is 2.52 bits per heavy atom. The number of fused-ring (bicyclic) bond motifs is 1. The van der Waals surface area contributed by atoms with Crippen molar-refractivity contribution in [2.45, 2.75) is 0 Å². The van der Waals surface area contributed by atoms with Crippen molar-refractivity contribution in [2.75, 3.05) is 7.11 Å². The van der Waals surface area contributed by atoms with Gasteiger partial charge in [-0.1, -0.05) is 0 Å². The number of pyridine rings is 1. The lowest BCUT2D eigenvalue weighted by molar-refractivity contribution is 0.0599. The van der Waals surface area contributed by atoms with Gasteiger partial charge in [0.25, 0.3) is 0 Å². The molecule has 23 heavy (non-hydrogen) atoms. The van der Waals surface area contributed by atoms with Crippen LogP contribution in [0, 0.1) is 5.82 Å². The van der Waals surface area contributed by atoms with Crippen LogP contribution in [0.5, 0.6) is 0 Å². The molecule has 6 nitrogen and oxygen atoms in total. The lowest BCUT2D eigenvalue weighted by atomic mass is 10.2. The van der Waals surface area contributed by atoms with E-state index in [-0.39, 0.29) is 16.8 Å². The molecule has 0 spiro atoms. The number of imidazole rings is 1. The molecule has 0 aliphatic carbocycles. The highest BCUT2D eigenvalue weighted by molar-refractivity contribution is 5.97. The van der Waals surface area contributed by atoms with E-state index in [4.69, 9.17) is 0 Å². The van der Waals surface area contributed by atoms with Crippen LogP contribution in [-0.2, 0) is 4.74 Å². The summed E-state index contributed by atoms with van der Waals surface area (Å²) in [6.07, 6.45) is 1.53. The van der Waals surface area contributed by atoms with Crippen LogP contribution in [0.15, 0.2) is 42.6 Å². The molecule has 0 bridgehead atoms. The first-order valence-electron chi connectivity index (χ1n) is 6.61. The Bertz CT molecular complexity index is 916. The van der Waals surface area contributed by atoms with Crippen LogP contribution in [0.25, 0.3) is 16.9 Å².